The molecule has 0 aromatic carbocycles. The molecule has 7 nitrogen and oxygen atoms in total. The number of rotatable bonds is 5. The summed E-state index contributed by atoms with van der Waals surface area (Å²) >= 11 is 0. The predicted molar refractivity (Wildman–Crippen MR) is 89.0 cm³/mol. The lowest BCUT2D eigenvalue weighted by Gasteiger charge is -2.25. The molecule has 130 valence electrons. The third kappa shape index (κ3) is 2.70. The number of anilines is 1. The third-order valence-electron chi connectivity index (χ3n) is 5.43. The van der Waals surface area contributed by atoms with Gasteiger partial charge in [0.2, 0.25) is 5.95 Å². The molecule has 0 N–H and O–H groups in total. The maximum absolute atomic E-state index is 6.09. The van der Waals surface area contributed by atoms with Gasteiger partial charge in [0, 0.05) is 31.6 Å². The Morgan fingerprint density at radius 1 is 1.21 bits per heavy atom. The Bertz CT molecular complexity index is 699. The van der Waals surface area contributed by atoms with Crippen molar-refractivity contribution in [3.8, 4) is 0 Å². The van der Waals surface area contributed by atoms with Crippen LogP contribution in [-0.4, -0.2) is 39.1 Å². The zero-order valence-electron chi connectivity index (χ0n) is 14.7. The van der Waals surface area contributed by atoms with Gasteiger partial charge in [0.05, 0.1) is 18.4 Å². The van der Waals surface area contributed by atoms with Crippen molar-refractivity contribution in [1.82, 2.24) is 19.9 Å². The number of aromatic nitrogens is 4. The van der Waals surface area contributed by atoms with E-state index in [2.05, 4.69) is 31.9 Å². The molecule has 3 heterocycles. The van der Waals surface area contributed by atoms with Crippen LogP contribution in [0.4, 0.5) is 5.95 Å². The molecule has 1 unspecified atom stereocenters. The van der Waals surface area contributed by atoms with Crippen molar-refractivity contribution in [3.63, 3.8) is 0 Å². The molecule has 0 amide bonds. The summed E-state index contributed by atoms with van der Waals surface area (Å²) in [5.74, 6) is 3.56. The van der Waals surface area contributed by atoms with Crippen molar-refractivity contribution < 1.29 is 9.26 Å². The number of hydrogen-bond donors (Lipinski definition) is 0. The fraction of sp³-hybridized carbons (Fsp3) is 0.706. The number of ether oxygens (including phenoxy) is 1. The van der Waals surface area contributed by atoms with Gasteiger partial charge in [-0.2, -0.15) is 0 Å². The van der Waals surface area contributed by atoms with Crippen LogP contribution < -0.4 is 4.90 Å². The van der Waals surface area contributed by atoms with Crippen molar-refractivity contribution in [1.29, 1.82) is 0 Å². The normalized spacial score (nSPS) is 21.5. The van der Waals surface area contributed by atoms with Gasteiger partial charge in [-0.3, -0.25) is 0 Å². The lowest BCUT2D eigenvalue weighted by atomic mass is 9.85. The maximum Gasteiger partial charge on any atom is 0.227 e. The molecule has 7 heteroatoms. The average Bonchev–Trinajstić information content (AvgIpc) is 3.18. The van der Waals surface area contributed by atoms with E-state index in [-0.39, 0.29) is 6.10 Å². The minimum absolute atomic E-state index is 0.211. The third-order valence-corrected chi connectivity index (χ3v) is 5.43. The number of aryl methyl sites for hydroxylation is 2. The van der Waals surface area contributed by atoms with Crippen molar-refractivity contribution >= 4 is 5.95 Å². The lowest BCUT2D eigenvalue weighted by Crippen LogP contribution is -2.26. The first-order chi connectivity index (χ1) is 11.6. The smallest absolute Gasteiger partial charge is 0.227 e. The monoisotopic (exact) mass is 331 g/mol. The molecule has 1 aliphatic carbocycles. The first-order valence-corrected chi connectivity index (χ1v) is 8.81. The largest absolute Gasteiger partial charge is 0.371 e. The highest BCUT2D eigenvalue weighted by Crippen LogP contribution is 2.36. The molecule has 2 aliphatic rings. The van der Waals surface area contributed by atoms with E-state index in [1.807, 2.05) is 13.8 Å². The summed E-state index contributed by atoms with van der Waals surface area (Å²) in [4.78, 5) is 2.28. The molecule has 2 aromatic rings. The Morgan fingerprint density at radius 3 is 2.71 bits per heavy atom. The maximum atomic E-state index is 6.09. The van der Waals surface area contributed by atoms with E-state index in [4.69, 9.17) is 9.26 Å². The summed E-state index contributed by atoms with van der Waals surface area (Å²) in [5.41, 5.74) is 1.99. The van der Waals surface area contributed by atoms with E-state index in [0.29, 0.717) is 12.5 Å². The van der Waals surface area contributed by atoms with E-state index in [0.717, 1.165) is 48.3 Å². The summed E-state index contributed by atoms with van der Waals surface area (Å²) < 4.78 is 13.5. The zero-order valence-corrected chi connectivity index (χ0v) is 14.7. The molecule has 4 rings (SSSR count). The van der Waals surface area contributed by atoms with Crippen molar-refractivity contribution in [2.45, 2.75) is 58.2 Å². The second-order valence-corrected chi connectivity index (χ2v) is 7.02. The van der Waals surface area contributed by atoms with Crippen molar-refractivity contribution in [2.24, 2.45) is 7.05 Å². The highest BCUT2D eigenvalue weighted by atomic mass is 16.5. The van der Waals surface area contributed by atoms with Crippen LogP contribution in [0.1, 0.15) is 54.4 Å². The van der Waals surface area contributed by atoms with Gasteiger partial charge < -0.3 is 18.7 Å². The summed E-state index contributed by atoms with van der Waals surface area (Å²) in [7, 11) is 2.08. The molecule has 0 bridgehead atoms. The molecule has 24 heavy (non-hydrogen) atoms. The van der Waals surface area contributed by atoms with Crippen LogP contribution in [0.5, 0.6) is 0 Å². The second kappa shape index (κ2) is 6.20. The molecule has 2 aromatic heterocycles. The summed E-state index contributed by atoms with van der Waals surface area (Å²) in [6.45, 7) is 6.27. The molecular weight excluding hydrogens is 306 g/mol. The van der Waals surface area contributed by atoms with Gasteiger partial charge in [0.1, 0.15) is 11.6 Å². The molecule has 1 saturated heterocycles. The second-order valence-electron chi connectivity index (χ2n) is 7.02. The molecule has 0 spiro atoms. The Hall–Kier alpha value is -1.89. The van der Waals surface area contributed by atoms with Crippen LogP contribution in [-0.2, 0) is 18.4 Å². The van der Waals surface area contributed by atoms with Crippen LogP contribution in [0.3, 0.4) is 0 Å². The highest BCUT2D eigenvalue weighted by Gasteiger charge is 2.30. The molecule has 1 atom stereocenters. The first-order valence-electron chi connectivity index (χ1n) is 8.81. The van der Waals surface area contributed by atoms with Gasteiger partial charge >= 0.3 is 0 Å². The van der Waals surface area contributed by atoms with Crippen LogP contribution in [0, 0.1) is 13.8 Å². The molecule has 1 saturated carbocycles. The Kier molecular flexibility index (Phi) is 4.04. The van der Waals surface area contributed by atoms with Crippen molar-refractivity contribution in [2.75, 3.05) is 18.0 Å². The van der Waals surface area contributed by atoms with E-state index in [1.54, 1.807) is 0 Å². The zero-order chi connectivity index (χ0) is 16.7. The van der Waals surface area contributed by atoms with E-state index in [1.165, 1.54) is 19.3 Å². The van der Waals surface area contributed by atoms with Gasteiger partial charge in [0.15, 0.2) is 0 Å². The molecule has 0 radical (unpaired) electrons. The average molecular weight is 331 g/mol. The lowest BCUT2D eigenvalue weighted by molar-refractivity contribution is 0.0543. The molecule has 2 fully saturated rings. The molecule has 1 aliphatic heterocycles. The number of hydrogen-bond acceptors (Lipinski definition) is 6. The Labute approximate surface area is 142 Å². The quantitative estimate of drug-likeness (QED) is 0.838. The standard InChI is InChI=1S/C17H25N5O2/c1-11-15(12(2)24-20-11)10-23-14-7-8-22(9-14)17-19-18-16(21(17)3)13-5-4-6-13/h13-14H,4-10H2,1-3H3. The van der Waals surface area contributed by atoms with Gasteiger partial charge in [-0.1, -0.05) is 11.6 Å². The SMILES string of the molecule is Cc1noc(C)c1COC1CCN(c2nnc(C3CCC3)n2C)C1. The van der Waals surface area contributed by atoms with Crippen molar-refractivity contribution in [3.05, 3.63) is 22.8 Å². The van der Waals surface area contributed by atoms with E-state index in [9.17, 15) is 0 Å². The van der Waals surface area contributed by atoms with E-state index >= 15 is 0 Å². The van der Waals surface area contributed by atoms with Gasteiger partial charge in [-0.05, 0) is 33.1 Å². The summed E-state index contributed by atoms with van der Waals surface area (Å²) in [5, 5.41) is 12.8. The topological polar surface area (TPSA) is 69.2 Å². The van der Waals surface area contributed by atoms with Gasteiger partial charge in [-0.15, -0.1) is 10.2 Å². The minimum Gasteiger partial charge on any atom is -0.371 e. The fourth-order valence-electron chi connectivity index (χ4n) is 3.58. The van der Waals surface area contributed by atoms with Crippen LogP contribution in [0.2, 0.25) is 0 Å². The number of nitrogens with zero attached hydrogens (tertiary/aromatic N) is 5. The molecular formula is C17H25N5O2. The van der Waals surface area contributed by atoms with Crippen LogP contribution in [0.15, 0.2) is 4.52 Å². The van der Waals surface area contributed by atoms with E-state index < -0.39 is 0 Å². The Morgan fingerprint density at radius 2 is 2.04 bits per heavy atom. The predicted octanol–water partition coefficient (Wildman–Crippen LogP) is 2.48. The summed E-state index contributed by atoms with van der Waals surface area (Å²) in [6, 6.07) is 0. The van der Waals surface area contributed by atoms with Crippen LogP contribution >= 0.6 is 0 Å². The first kappa shape index (κ1) is 15.6. The fourth-order valence-corrected chi connectivity index (χ4v) is 3.58. The summed E-state index contributed by atoms with van der Waals surface area (Å²) in [6.07, 6.45) is 5.02. The Balaban J connectivity index is 1.37. The highest BCUT2D eigenvalue weighted by molar-refractivity contribution is 5.34. The minimum atomic E-state index is 0.211. The van der Waals surface area contributed by atoms with Gasteiger partial charge in [-0.25, -0.2) is 0 Å². The van der Waals surface area contributed by atoms with Crippen LogP contribution in [0.25, 0.3) is 0 Å². The van der Waals surface area contributed by atoms with Gasteiger partial charge in [0.25, 0.3) is 0 Å².